The van der Waals surface area contributed by atoms with Gasteiger partial charge in [-0.05, 0) is 115 Å². The Bertz CT molecular complexity index is 3110. The lowest BCUT2D eigenvalue weighted by Gasteiger charge is -2.35. The van der Waals surface area contributed by atoms with E-state index in [-0.39, 0.29) is 52.9 Å². The Kier molecular flexibility index (Phi) is 12.0. The summed E-state index contributed by atoms with van der Waals surface area (Å²) < 4.78 is 19.0. The largest absolute Gasteiger partial charge is 0.356 e. The summed E-state index contributed by atoms with van der Waals surface area (Å²) >= 11 is 0. The predicted molar refractivity (Wildman–Crippen MR) is 256 cm³/mol. The zero-order valence-electron chi connectivity index (χ0n) is 39.7. The van der Waals surface area contributed by atoms with Gasteiger partial charge in [-0.25, -0.2) is 28.4 Å². The Hall–Kier alpha value is -6.76. The number of aromatic amines is 1. The number of fused-ring (bicyclic) bond motifs is 3. The SMILES string of the molecule is Cc1cc(=O)n2[nH]c(C(=O)N3CCCC[C@H]3c3cc4nc(N5CC[C@H](C)C5)c(C)cn4n3)nc2n1.Cc1cn2nc([C@@H]3CCCCN3C(=O)c3cc(C)c(F)c(C)c3)cc2nc1N1CC[C@H](N)C1. The van der Waals surface area contributed by atoms with E-state index in [0.717, 1.165) is 117 Å². The van der Waals surface area contributed by atoms with Crippen LogP contribution in [0.2, 0.25) is 0 Å². The van der Waals surface area contributed by atoms with Crippen molar-refractivity contribution < 1.29 is 14.0 Å². The third kappa shape index (κ3) is 8.56. The number of amides is 2. The number of likely N-dealkylation sites (tertiary alicyclic amines) is 2. The fraction of sp³-hybridized carbons (Fsp3) is 0.490. The van der Waals surface area contributed by atoms with Crippen molar-refractivity contribution in [3.8, 4) is 0 Å². The number of nitrogens with two attached hydrogens (primary N) is 1. The molecule has 4 saturated heterocycles. The van der Waals surface area contributed by atoms with Crippen molar-refractivity contribution in [2.24, 2.45) is 11.7 Å². The fourth-order valence-corrected chi connectivity index (χ4v) is 10.5. The quantitative estimate of drug-likeness (QED) is 0.198. The zero-order valence-corrected chi connectivity index (χ0v) is 39.7. The molecule has 4 fully saturated rings. The summed E-state index contributed by atoms with van der Waals surface area (Å²) in [5.74, 6) is 2.36. The van der Waals surface area contributed by atoms with Gasteiger partial charge in [0.05, 0.1) is 23.5 Å². The number of hydrogen-bond acceptors (Lipinski definition) is 12. The highest BCUT2D eigenvalue weighted by atomic mass is 19.1. The van der Waals surface area contributed by atoms with Crippen LogP contribution >= 0.6 is 0 Å². The molecule has 11 rings (SSSR count). The van der Waals surface area contributed by atoms with E-state index in [1.54, 1.807) is 37.8 Å². The number of carbonyl (C=O) groups excluding carboxylic acids is 2. The van der Waals surface area contributed by atoms with E-state index in [9.17, 15) is 18.8 Å². The van der Waals surface area contributed by atoms with Gasteiger partial charge in [0.2, 0.25) is 5.82 Å². The van der Waals surface area contributed by atoms with Crippen LogP contribution in [0.1, 0.15) is 131 Å². The van der Waals surface area contributed by atoms with Crippen LogP contribution in [0.3, 0.4) is 0 Å². The van der Waals surface area contributed by atoms with Crippen LogP contribution in [0, 0.1) is 46.4 Å². The molecule has 0 bridgehead atoms. The Morgan fingerprint density at radius 2 is 1.22 bits per heavy atom. The number of benzene rings is 1. The van der Waals surface area contributed by atoms with Gasteiger partial charge in [0, 0.05) is 98.3 Å². The topological polar surface area (TPSA) is 197 Å². The van der Waals surface area contributed by atoms with Crippen LogP contribution in [0.15, 0.2) is 47.5 Å². The van der Waals surface area contributed by atoms with E-state index in [4.69, 9.17) is 25.9 Å². The highest BCUT2D eigenvalue weighted by Gasteiger charge is 2.34. The number of carbonyl (C=O) groups is 2. The van der Waals surface area contributed by atoms with E-state index in [0.29, 0.717) is 41.4 Å². The van der Waals surface area contributed by atoms with Crippen molar-refractivity contribution in [2.45, 2.75) is 111 Å². The van der Waals surface area contributed by atoms with E-state index in [2.05, 4.69) is 38.7 Å². The van der Waals surface area contributed by atoms with Crippen molar-refractivity contribution in [3.63, 3.8) is 0 Å². The van der Waals surface area contributed by atoms with Crippen LogP contribution < -0.4 is 21.1 Å². The predicted octanol–water partition coefficient (Wildman–Crippen LogP) is 5.99. The summed E-state index contributed by atoms with van der Waals surface area (Å²) in [7, 11) is 0. The Balaban J connectivity index is 0.000000159. The van der Waals surface area contributed by atoms with Crippen LogP contribution in [0.4, 0.5) is 16.0 Å². The van der Waals surface area contributed by atoms with Crippen molar-refractivity contribution in [3.05, 3.63) is 110 Å². The normalized spacial score (nSPS) is 21.1. The molecule has 4 atom stereocenters. The monoisotopic (exact) mass is 925 g/mol. The van der Waals surface area contributed by atoms with Crippen LogP contribution in [0.25, 0.3) is 17.1 Å². The first-order valence-electron chi connectivity index (χ1n) is 24.0. The first-order chi connectivity index (χ1) is 32.7. The molecule has 2 amide bonds. The number of aromatic nitrogens is 10. The highest BCUT2D eigenvalue weighted by Crippen LogP contribution is 2.35. The molecule has 68 heavy (non-hydrogen) atoms. The first kappa shape index (κ1) is 45.0. The number of aryl methyl sites for hydroxylation is 5. The van der Waals surface area contributed by atoms with Crippen molar-refractivity contribution in [1.29, 1.82) is 0 Å². The minimum atomic E-state index is -0.292. The van der Waals surface area contributed by atoms with Crippen LogP contribution in [-0.4, -0.2) is 116 Å². The second-order valence-electron chi connectivity index (χ2n) is 19.5. The van der Waals surface area contributed by atoms with Gasteiger partial charge in [0.1, 0.15) is 17.5 Å². The molecule has 0 radical (unpaired) electrons. The molecule has 19 heteroatoms. The summed E-state index contributed by atoms with van der Waals surface area (Å²) in [5, 5.41) is 12.5. The number of anilines is 2. The molecular weight excluding hydrogens is 866 g/mol. The third-order valence-corrected chi connectivity index (χ3v) is 14.1. The molecule has 7 aromatic rings. The molecule has 4 aliphatic rings. The fourth-order valence-electron chi connectivity index (χ4n) is 10.5. The number of halogens is 1. The minimum Gasteiger partial charge on any atom is -0.356 e. The lowest BCUT2D eigenvalue weighted by molar-refractivity contribution is 0.0590. The molecule has 0 aliphatic carbocycles. The highest BCUT2D eigenvalue weighted by molar-refractivity contribution is 5.95. The summed E-state index contributed by atoms with van der Waals surface area (Å²) in [5.41, 5.74) is 13.3. The lowest BCUT2D eigenvalue weighted by atomic mass is 9.97. The maximum Gasteiger partial charge on any atom is 0.291 e. The minimum absolute atomic E-state index is 0.0705. The molecule has 1 aromatic carbocycles. The average molecular weight is 926 g/mol. The standard InChI is InChI=1S/C25H31FN6O.C24H29N9O2/c1-15-10-18(11-16(2)23(15)26)25(33)31-8-5-4-6-21(31)20-12-22-28-24(17(3)13-32(22)29-20)30-9-7-19(27)14-30;1-14-7-9-30(12-14)22-15(2)13-32-19(26-22)11-17(28-32)18-6-4-5-8-31(18)23(35)21-27-24-25-16(3)10-20(34)33(24)29-21/h10-13,19,21H,4-9,14,27H2,1-3H3;10-11,13-14,18H,4-9,12H2,1-3H3,(H,25,27,29)/t19-,21-;14-,18-/m00/s1. The van der Waals surface area contributed by atoms with Gasteiger partial charge in [-0.1, -0.05) is 6.92 Å². The molecule has 6 aromatic heterocycles. The second-order valence-corrected chi connectivity index (χ2v) is 19.5. The van der Waals surface area contributed by atoms with Crippen molar-refractivity contribution >= 4 is 40.5 Å². The van der Waals surface area contributed by atoms with Gasteiger partial charge in [0.15, 0.2) is 11.3 Å². The number of piperidine rings is 2. The van der Waals surface area contributed by atoms with E-state index < -0.39 is 0 Å². The number of nitrogens with zero attached hydrogens (tertiary/aromatic N) is 13. The molecular formula is C49H60FN15O3. The molecule has 0 unspecified atom stereocenters. The molecule has 356 valence electrons. The van der Waals surface area contributed by atoms with Gasteiger partial charge in [0.25, 0.3) is 23.2 Å². The maximum absolute atomic E-state index is 14.1. The third-order valence-electron chi connectivity index (χ3n) is 14.1. The van der Waals surface area contributed by atoms with Crippen molar-refractivity contribution in [2.75, 3.05) is 49.1 Å². The number of H-pyrrole nitrogens is 1. The number of nitrogens with one attached hydrogen (secondary N) is 1. The van der Waals surface area contributed by atoms with Gasteiger partial charge in [-0.15, -0.1) is 0 Å². The van der Waals surface area contributed by atoms with Crippen LogP contribution in [-0.2, 0) is 0 Å². The van der Waals surface area contributed by atoms with Gasteiger partial charge < -0.3 is 25.3 Å². The number of rotatable bonds is 6. The number of hydrogen-bond donors (Lipinski definition) is 2. The van der Waals surface area contributed by atoms with Crippen molar-refractivity contribution in [1.82, 2.24) is 58.6 Å². The Morgan fingerprint density at radius 3 is 1.76 bits per heavy atom. The summed E-state index contributed by atoms with van der Waals surface area (Å²) in [6, 6.07) is 8.57. The average Bonchev–Trinajstić information content (AvgIpc) is 4.18. The van der Waals surface area contributed by atoms with E-state index in [1.807, 2.05) is 45.4 Å². The Morgan fingerprint density at radius 1 is 0.662 bits per heavy atom. The maximum atomic E-state index is 14.1. The van der Waals surface area contributed by atoms with E-state index >= 15 is 0 Å². The van der Waals surface area contributed by atoms with Gasteiger partial charge in [-0.2, -0.15) is 19.7 Å². The summed E-state index contributed by atoms with van der Waals surface area (Å²) in [6.07, 6.45) is 11.7. The van der Waals surface area contributed by atoms with Crippen LogP contribution in [0.5, 0.6) is 0 Å². The molecule has 0 saturated carbocycles. The molecule has 3 N–H and O–H groups in total. The summed E-state index contributed by atoms with van der Waals surface area (Å²) in [4.78, 5) is 65.9. The molecule has 4 aliphatic heterocycles. The van der Waals surface area contributed by atoms with E-state index in [1.165, 1.54) is 17.0 Å². The Labute approximate surface area is 393 Å². The second kappa shape index (κ2) is 18.0. The van der Waals surface area contributed by atoms with Gasteiger partial charge >= 0.3 is 0 Å². The molecule has 10 heterocycles. The molecule has 0 spiro atoms. The van der Waals surface area contributed by atoms with Gasteiger partial charge in [-0.3, -0.25) is 19.5 Å². The molecule has 18 nitrogen and oxygen atoms in total. The smallest absolute Gasteiger partial charge is 0.291 e. The lowest BCUT2D eigenvalue weighted by Crippen LogP contribution is -2.39. The zero-order chi connectivity index (χ0) is 47.5. The first-order valence-corrected chi connectivity index (χ1v) is 24.0. The summed E-state index contributed by atoms with van der Waals surface area (Å²) in [6.45, 7) is 16.5.